The van der Waals surface area contributed by atoms with E-state index in [0.29, 0.717) is 0 Å². The number of fused-ring (bicyclic) bond motifs is 1. The second-order valence-electron chi connectivity index (χ2n) is 5.72. The van der Waals surface area contributed by atoms with E-state index in [9.17, 15) is 4.79 Å². The van der Waals surface area contributed by atoms with E-state index in [1.807, 2.05) is 73.6 Å². The molecule has 0 saturated carbocycles. The molecule has 0 bridgehead atoms. The fraction of sp³-hybridized carbons (Fsp3) is 0.158. The summed E-state index contributed by atoms with van der Waals surface area (Å²) < 4.78 is 0. The molecule has 0 spiro atoms. The minimum absolute atomic E-state index is 0.0967. The number of anilines is 3. The number of aromatic nitrogens is 1. The summed E-state index contributed by atoms with van der Waals surface area (Å²) in [7, 11) is 3.96. The van der Waals surface area contributed by atoms with Gasteiger partial charge in [-0.2, -0.15) is 0 Å². The van der Waals surface area contributed by atoms with E-state index >= 15 is 0 Å². The molecule has 0 unspecified atom stereocenters. The monoisotopic (exact) mass is 320 g/mol. The Labute approximate surface area is 141 Å². The Bertz CT molecular complexity index is 838. The molecule has 0 aliphatic carbocycles. The highest BCUT2D eigenvalue weighted by Gasteiger charge is 2.05. The first-order chi connectivity index (χ1) is 11.6. The zero-order chi connectivity index (χ0) is 16.9. The molecule has 0 atom stereocenters. The summed E-state index contributed by atoms with van der Waals surface area (Å²) >= 11 is 0. The van der Waals surface area contributed by atoms with Crippen LogP contribution in [0, 0.1) is 0 Å². The van der Waals surface area contributed by atoms with Crippen molar-refractivity contribution in [2.75, 3.05) is 36.2 Å². The van der Waals surface area contributed by atoms with Gasteiger partial charge in [-0.1, -0.05) is 18.2 Å². The lowest BCUT2D eigenvalue weighted by molar-refractivity contribution is -0.114. The predicted octanol–water partition coefficient (Wildman–Crippen LogP) is 3.35. The second kappa shape index (κ2) is 7.00. The van der Waals surface area contributed by atoms with Gasteiger partial charge in [-0.15, -0.1) is 0 Å². The summed E-state index contributed by atoms with van der Waals surface area (Å²) in [4.78, 5) is 18.5. The molecule has 0 aliphatic heterocycles. The Balaban J connectivity index is 1.63. The standard InChI is InChI=1S/C19H20N4O/c1-23(2)16-10-8-15(9-11-16)22-18(24)13-21-17-7-3-5-14-6-4-12-20-19(14)17/h3-12,21H,13H2,1-2H3,(H,22,24). The summed E-state index contributed by atoms with van der Waals surface area (Å²) in [5.41, 5.74) is 3.59. The van der Waals surface area contributed by atoms with E-state index < -0.39 is 0 Å². The molecular weight excluding hydrogens is 300 g/mol. The molecule has 3 rings (SSSR count). The number of para-hydroxylation sites is 1. The number of benzene rings is 2. The van der Waals surface area contributed by atoms with Gasteiger partial charge in [0.25, 0.3) is 0 Å². The molecule has 0 saturated heterocycles. The molecule has 0 radical (unpaired) electrons. The van der Waals surface area contributed by atoms with Gasteiger partial charge in [-0.05, 0) is 36.4 Å². The van der Waals surface area contributed by atoms with Gasteiger partial charge in [0, 0.05) is 37.1 Å². The molecule has 0 aliphatic rings. The Hall–Kier alpha value is -3.08. The van der Waals surface area contributed by atoms with Crippen molar-refractivity contribution < 1.29 is 4.79 Å². The van der Waals surface area contributed by atoms with Crippen molar-refractivity contribution in [1.29, 1.82) is 0 Å². The van der Waals surface area contributed by atoms with Crippen LogP contribution in [0.1, 0.15) is 0 Å². The second-order valence-corrected chi connectivity index (χ2v) is 5.72. The lowest BCUT2D eigenvalue weighted by Gasteiger charge is -2.13. The molecule has 1 aromatic heterocycles. The Morgan fingerprint density at radius 2 is 1.79 bits per heavy atom. The zero-order valence-corrected chi connectivity index (χ0v) is 13.8. The fourth-order valence-corrected chi connectivity index (χ4v) is 2.47. The highest BCUT2D eigenvalue weighted by atomic mass is 16.1. The molecule has 1 heterocycles. The van der Waals surface area contributed by atoms with E-state index in [-0.39, 0.29) is 12.5 Å². The summed E-state index contributed by atoms with van der Waals surface area (Å²) in [6.45, 7) is 0.186. The first-order valence-corrected chi connectivity index (χ1v) is 7.78. The first kappa shape index (κ1) is 15.8. The van der Waals surface area contributed by atoms with Crippen LogP contribution in [0.3, 0.4) is 0 Å². The van der Waals surface area contributed by atoms with Crippen molar-refractivity contribution in [3.05, 3.63) is 60.8 Å². The lowest BCUT2D eigenvalue weighted by Crippen LogP contribution is -2.22. The molecular formula is C19H20N4O. The number of carbonyl (C=O) groups is 1. The highest BCUT2D eigenvalue weighted by Crippen LogP contribution is 2.20. The number of carbonyl (C=O) groups excluding carboxylic acids is 1. The maximum Gasteiger partial charge on any atom is 0.243 e. The quantitative estimate of drug-likeness (QED) is 0.757. The first-order valence-electron chi connectivity index (χ1n) is 7.78. The van der Waals surface area contributed by atoms with Crippen molar-refractivity contribution in [3.63, 3.8) is 0 Å². The largest absolute Gasteiger partial charge is 0.378 e. The van der Waals surface area contributed by atoms with E-state index in [1.165, 1.54) is 0 Å². The molecule has 0 fully saturated rings. The summed E-state index contributed by atoms with van der Waals surface area (Å²) in [5, 5.41) is 7.08. The fourth-order valence-electron chi connectivity index (χ4n) is 2.47. The third-order valence-electron chi connectivity index (χ3n) is 3.74. The third-order valence-corrected chi connectivity index (χ3v) is 3.74. The summed E-state index contributed by atoms with van der Waals surface area (Å²) in [5.74, 6) is -0.0967. The molecule has 5 nitrogen and oxygen atoms in total. The van der Waals surface area contributed by atoms with Gasteiger partial charge in [0.1, 0.15) is 0 Å². The number of rotatable bonds is 5. The Morgan fingerprint density at radius 3 is 2.54 bits per heavy atom. The maximum absolute atomic E-state index is 12.1. The van der Waals surface area contributed by atoms with Crippen LogP contribution < -0.4 is 15.5 Å². The van der Waals surface area contributed by atoms with Gasteiger partial charge < -0.3 is 15.5 Å². The van der Waals surface area contributed by atoms with Crippen LogP contribution in [0.5, 0.6) is 0 Å². The normalized spacial score (nSPS) is 10.4. The predicted molar refractivity (Wildman–Crippen MR) is 99.6 cm³/mol. The number of nitrogens with zero attached hydrogens (tertiary/aromatic N) is 2. The molecule has 122 valence electrons. The van der Waals surface area contributed by atoms with Crippen LogP contribution in [-0.4, -0.2) is 31.5 Å². The lowest BCUT2D eigenvalue weighted by atomic mass is 10.2. The van der Waals surface area contributed by atoms with Crippen LogP contribution in [0.4, 0.5) is 17.1 Å². The number of hydrogen-bond donors (Lipinski definition) is 2. The van der Waals surface area contributed by atoms with E-state index in [2.05, 4.69) is 15.6 Å². The molecule has 24 heavy (non-hydrogen) atoms. The highest BCUT2D eigenvalue weighted by molar-refractivity contribution is 5.96. The summed E-state index contributed by atoms with van der Waals surface area (Å²) in [6, 6.07) is 17.5. The Kier molecular flexibility index (Phi) is 4.61. The van der Waals surface area contributed by atoms with E-state index in [0.717, 1.165) is 28.0 Å². The number of amides is 1. The van der Waals surface area contributed by atoms with Crippen LogP contribution in [0.15, 0.2) is 60.8 Å². The molecule has 3 aromatic rings. The molecule has 1 amide bonds. The van der Waals surface area contributed by atoms with Gasteiger partial charge in [0.05, 0.1) is 17.7 Å². The van der Waals surface area contributed by atoms with Crippen molar-refractivity contribution in [2.45, 2.75) is 0 Å². The van der Waals surface area contributed by atoms with Crippen LogP contribution in [-0.2, 0) is 4.79 Å². The van der Waals surface area contributed by atoms with Gasteiger partial charge in [0.2, 0.25) is 5.91 Å². The van der Waals surface area contributed by atoms with Crippen LogP contribution in [0.2, 0.25) is 0 Å². The average Bonchev–Trinajstić information content (AvgIpc) is 2.60. The van der Waals surface area contributed by atoms with E-state index in [4.69, 9.17) is 0 Å². The van der Waals surface area contributed by atoms with Gasteiger partial charge in [0.15, 0.2) is 0 Å². The topological polar surface area (TPSA) is 57.3 Å². The number of nitrogens with one attached hydrogen (secondary N) is 2. The van der Waals surface area contributed by atoms with Crippen LogP contribution >= 0.6 is 0 Å². The zero-order valence-electron chi connectivity index (χ0n) is 13.8. The SMILES string of the molecule is CN(C)c1ccc(NC(=O)CNc2cccc3cccnc23)cc1. The molecule has 2 aromatic carbocycles. The Morgan fingerprint density at radius 1 is 1.04 bits per heavy atom. The number of hydrogen-bond acceptors (Lipinski definition) is 4. The number of pyridine rings is 1. The van der Waals surface area contributed by atoms with Gasteiger partial charge in [-0.25, -0.2) is 0 Å². The average molecular weight is 320 g/mol. The third kappa shape index (κ3) is 3.63. The van der Waals surface area contributed by atoms with Gasteiger partial charge in [-0.3, -0.25) is 9.78 Å². The minimum atomic E-state index is -0.0967. The van der Waals surface area contributed by atoms with Gasteiger partial charge >= 0.3 is 0 Å². The van der Waals surface area contributed by atoms with Crippen molar-refractivity contribution in [2.24, 2.45) is 0 Å². The van der Waals surface area contributed by atoms with Crippen LogP contribution in [0.25, 0.3) is 10.9 Å². The smallest absolute Gasteiger partial charge is 0.243 e. The molecule has 5 heteroatoms. The minimum Gasteiger partial charge on any atom is -0.378 e. The van der Waals surface area contributed by atoms with Crippen molar-refractivity contribution in [1.82, 2.24) is 4.98 Å². The van der Waals surface area contributed by atoms with Crippen molar-refractivity contribution in [3.8, 4) is 0 Å². The summed E-state index contributed by atoms with van der Waals surface area (Å²) in [6.07, 6.45) is 1.75. The van der Waals surface area contributed by atoms with Crippen molar-refractivity contribution >= 4 is 33.9 Å². The van der Waals surface area contributed by atoms with E-state index in [1.54, 1.807) is 6.20 Å². The maximum atomic E-state index is 12.1. The molecule has 2 N–H and O–H groups in total.